The number of hydrogen-bond donors (Lipinski definition) is 3. The zero-order valence-corrected chi connectivity index (χ0v) is 21.6. The molecule has 0 bridgehead atoms. The standard InChI is InChI=1S/C29H39N3O5/c1-2-37-29(36)26(16-15-21-10-4-3-5-11-21)31-25(14-8-9-17-30)28(35)32(20-27(33)34)24-18-22-12-6-7-13-23(22)19-24/h3-7,10-13,24-26,31H,2,8-9,14-20,30H2,1H3,(H,33,34)/t25-,26?/m0/s1. The fraction of sp³-hybridized carbons (Fsp3) is 0.483. The Kier molecular flexibility index (Phi) is 11.1. The molecular formula is C29H39N3O5. The van der Waals surface area contributed by atoms with Gasteiger partial charge in [0, 0.05) is 6.04 Å². The number of hydrogen-bond acceptors (Lipinski definition) is 6. The maximum absolute atomic E-state index is 13.9. The number of benzene rings is 2. The molecule has 200 valence electrons. The van der Waals surface area contributed by atoms with E-state index in [1.165, 1.54) is 4.90 Å². The van der Waals surface area contributed by atoms with Crippen LogP contribution < -0.4 is 11.1 Å². The Balaban J connectivity index is 1.81. The molecule has 1 aliphatic rings. The zero-order chi connectivity index (χ0) is 26.6. The molecule has 0 saturated heterocycles. The molecule has 0 aromatic heterocycles. The summed E-state index contributed by atoms with van der Waals surface area (Å²) >= 11 is 0. The van der Waals surface area contributed by atoms with Crippen molar-refractivity contribution in [3.8, 4) is 0 Å². The van der Waals surface area contributed by atoms with Gasteiger partial charge in [0.15, 0.2) is 0 Å². The van der Waals surface area contributed by atoms with Gasteiger partial charge in [-0.3, -0.25) is 19.7 Å². The molecule has 0 saturated carbocycles. The summed E-state index contributed by atoms with van der Waals surface area (Å²) in [6.45, 7) is 2.09. The third kappa shape index (κ3) is 8.40. The minimum atomic E-state index is -1.06. The molecule has 2 aromatic carbocycles. The SMILES string of the molecule is CCOC(=O)C(CCc1ccccc1)N[C@@H](CCCCN)C(=O)N(CC(=O)O)C1Cc2ccccc2C1. The number of aliphatic carboxylic acids is 1. The van der Waals surface area contributed by atoms with E-state index in [0.29, 0.717) is 45.1 Å². The topological polar surface area (TPSA) is 122 Å². The van der Waals surface area contributed by atoms with Gasteiger partial charge < -0.3 is 20.5 Å². The molecule has 0 heterocycles. The van der Waals surface area contributed by atoms with Gasteiger partial charge in [0.1, 0.15) is 12.6 Å². The molecule has 1 unspecified atom stereocenters. The van der Waals surface area contributed by atoms with Crippen LogP contribution in [0.1, 0.15) is 49.3 Å². The molecule has 1 amide bonds. The minimum absolute atomic E-state index is 0.236. The number of rotatable bonds is 15. The van der Waals surface area contributed by atoms with Crippen LogP contribution >= 0.6 is 0 Å². The number of unbranched alkanes of at least 4 members (excludes halogenated alkanes) is 1. The summed E-state index contributed by atoms with van der Waals surface area (Å²) in [5, 5.41) is 12.9. The van der Waals surface area contributed by atoms with Crippen molar-refractivity contribution >= 4 is 17.8 Å². The van der Waals surface area contributed by atoms with Crippen molar-refractivity contribution in [2.75, 3.05) is 19.7 Å². The van der Waals surface area contributed by atoms with Crippen molar-refractivity contribution in [1.82, 2.24) is 10.2 Å². The van der Waals surface area contributed by atoms with Gasteiger partial charge in [-0.25, -0.2) is 0 Å². The van der Waals surface area contributed by atoms with Crippen LogP contribution in [0.15, 0.2) is 54.6 Å². The largest absolute Gasteiger partial charge is 0.480 e. The smallest absolute Gasteiger partial charge is 0.323 e. The van der Waals surface area contributed by atoms with Gasteiger partial charge in [-0.2, -0.15) is 0 Å². The Labute approximate surface area is 219 Å². The third-order valence-electron chi connectivity index (χ3n) is 6.84. The normalized spacial score (nSPS) is 14.5. The zero-order valence-electron chi connectivity index (χ0n) is 21.6. The molecule has 3 rings (SSSR count). The fourth-order valence-electron chi connectivity index (χ4n) is 4.97. The van der Waals surface area contributed by atoms with Gasteiger partial charge in [0.2, 0.25) is 5.91 Å². The van der Waals surface area contributed by atoms with Crippen LogP contribution in [0.4, 0.5) is 0 Å². The number of carbonyl (C=O) groups excluding carboxylic acids is 2. The van der Waals surface area contributed by atoms with Gasteiger partial charge in [-0.1, -0.05) is 61.0 Å². The molecule has 2 aromatic rings. The summed E-state index contributed by atoms with van der Waals surface area (Å²) in [5.74, 6) is -1.77. The number of nitrogens with two attached hydrogens (primary N) is 1. The van der Waals surface area contributed by atoms with Crippen LogP contribution in [0.3, 0.4) is 0 Å². The van der Waals surface area contributed by atoms with Crippen molar-refractivity contribution in [3.63, 3.8) is 0 Å². The first kappa shape index (κ1) is 28.3. The molecule has 37 heavy (non-hydrogen) atoms. The lowest BCUT2D eigenvalue weighted by Gasteiger charge is -2.33. The van der Waals surface area contributed by atoms with Crippen LogP contribution in [0.5, 0.6) is 0 Å². The quantitative estimate of drug-likeness (QED) is 0.249. The van der Waals surface area contributed by atoms with Gasteiger partial charge >= 0.3 is 11.9 Å². The van der Waals surface area contributed by atoms with E-state index < -0.39 is 24.0 Å². The predicted octanol–water partition coefficient (Wildman–Crippen LogP) is 2.72. The van der Waals surface area contributed by atoms with Crippen LogP contribution in [-0.4, -0.2) is 65.7 Å². The van der Waals surface area contributed by atoms with Crippen LogP contribution in [-0.2, 0) is 38.4 Å². The van der Waals surface area contributed by atoms with Gasteiger partial charge in [0.25, 0.3) is 0 Å². The number of carboxylic acid groups (broad SMARTS) is 1. The average Bonchev–Trinajstić information content (AvgIpc) is 3.33. The first-order valence-electron chi connectivity index (χ1n) is 13.2. The number of carbonyl (C=O) groups is 3. The highest BCUT2D eigenvalue weighted by atomic mass is 16.5. The highest BCUT2D eigenvalue weighted by molar-refractivity contribution is 5.87. The molecule has 0 fully saturated rings. The van der Waals surface area contributed by atoms with Crippen molar-refractivity contribution in [2.45, 2.75) is 70.0 Å². The molecular weight excluding hydrogens is 470 g/mol. The van der Waals surface area contributed by atoms with Crippen molar-refractivity contribution in [2.24, 2.45) is 5.73 Å². The maximum atomic E-state index is 13.9. The lowest BCUT2D eigenvalue weighted by molar-refractivity contribution is -0.149. The third-order valence-corrected chi connectivity index (χ3v) is 6.84. The lowest BCUT2D eigenvalue weighted by Crippen LogP contribution is -2.56. The van der Waals surface area contributed by atoms with Crippen LogP contribution in [0.2, 0.25) is 0 Å². The number of aryl methyl sites for hydroxylation is 1. The molecule has 8 heteroatoms. The first-order valence-corrected chi connectivity index (χ1v) is 13.2. The van der Waals surface area contributed by atoms with E-state index in [2.05, 4.69) is 5.32 Å². The Bertz CT molecular complexity index is 1000. The number of carboxylic acids is 1. The van der Waals surface area contributed by atoms with Crippen molar-refractivity contribution < 1.29 is 24.2 Å². The van der Waals surface area contributed by atoms with Crippen molar-refractivity contribution in [3.05, 3.63) is 71.3 Å². The highest BCUT2D eigenvalue weighted by Crippen LogP contribution is 2.26. The number of esters is 1. The highest BCUT2D eigenvalue weighted by Gasteiger charge is 2.36. The lowest BCUT2D eigenvalue weighted by atomic mass is 10.0. The summed E-state index contributed by atoms with van der Waals surface area (Å²) in [4.78, 5) is 40.1. The minimum Gasteiger partial charge on any atom is -0.480 e. The Hall–Kier alpha value is -3.23. The first-order chi connectivity index (χ1) is 17.9. The molecule has 0 radical (unpaired) electrons. The van der Waals surface area contributed by atoms with Gasteiger partial charge in [0.05, 0.1) is 12.6 Å². The molecule has 2 atom stereocenters. The summed E-state index contributed by atoms with van der Waals surface area (Å²) in [5.41, 5.74) is 9.05. The second kappa shape index (κ2) is 14.5. The summed E-state index contributed by atoms with van der Waals surface area (Å²) in [7, 11) is 0. The maximum Gasteiger partial charge on any atom is 0.323 e. The summed E-state index contributed by atoms with van der Waals surface area (Å²) < 4.78 is 5.33. The van der Waals surface area contributed by atoms with E-state index in [-0.39, 0.29) is 25.1 Å². The van der Waals surface area contributed by atoms with E-state index in [4.69, 9.17) is 10.5 Å². The summed E-state index contributed by atoms with van der Waals surface area (Å²) in [6.07, 6.45) is 4.18. The monoisotopic (exact) mass is 509 g/mol. The van der Waals surface area contributed by atoms with Gasteiger partial charge in [-0.05, 0) is 68.7 Å². The van der Waals surface area contributed by atoms with Gasteiger partial charge in [-0.15, -0.1) is 0 Å². The molecule has 4 N–H and O–H groups in total. The summed E-state index contributed by atoms with van der Waals surface area (Å²) in [6, 6.07) is 16.1. The molecule has 0 aliphatic heterocycles. The average molecular weight is 510 g/mol. The Morgan fingerprint density at radius 2 is 1.65 bits per heavy atom. The van der Waals surface area contributed by atoms with E-state index in [1.54, 1.807) is 6.92 Å². The predicted molar refractivity (Wildman–Crippen MR) is 142 cm³/mol. The fourth-order valence-corrected chi connectivity index (χ4v) is 4.97. The molecule has 1 aliphatic carbocycles. The number of fused-ring (bicyclic) bond motifs is 1. The van der Waals surface area contributed by atoms with Crippen LogP contribution in [0, 0.1) is 0 Å². The Morgan fingerprint density at radius 3 is 2.24 bits per heavy atom. The van der Waals surface area contributed by atoms with Crippen LogP contribution in [0.25, 0.3) is 0 Å². The Morgan fingerprint density at radius 1 is 1.00 bits per heavy atom. The van der Waals surface area contributed by atoms with E-state index in [1.807, 2.05) is 54.6 Å². The van der Waals surface area contributed by atoms with Crippen molar-refractivity contribution in [1.29, 1.82) is 0 Å². The number of ether oxygens (including phenoxy) is 1. The number of nitrogens with one attached hydrogen (secondary N) is 1. The van der Waals surface area contributed by atoms with E-state index in [9.17, 15) is 19.5 Å². The van der Waals surface area contributed by atoms with E-state index >= 15 is 0 Å². The second-order valence-electron chi connectivity index (χ2n) is 9.52. The second-order valence-corrected chi connectivity index (χ2v) is 9.52. The van der Waals surface area contributed by atoms with E-state index in [0.717, 1.165) is 23.1 Å². The molecule has 8 nitrogen and oxygen atoms in total. The molecule has 0 spiro atoms. The number of nitrogens with zero attached hydrogens (tertiary/aromatic N) is 1. The number of amides is 1.